The van der Waals surface area contributed by atoms with Crippen molar-refractivity contribution in [3.05, 3.63) is 146 Å². The van der Waals surface area contributed by atoms with Gasteiger partial charge in [-0.25, -0.2) is 0 Å². The van der Waals surface area contributed by atoms with Crippen LogP contribution in [0.4, 0.5) is 0 Å². The third-order valence-corrected chi connectivity index (χ3v) is 9.76. The Morgan fingerprint density at radius 3 is 1.63 bits per heavy atom. The van der Waals surface area contributed by atoms with Crippen molar-refractivity contribution in [2.45, 2.75) is 0 Å². The normalized spacial score (nSPS) is 11.9. The highest BCUT2D eigenvalue weighted by Crippen LogP contribution is 2.41. The lowest BCUT2D eigenvalue weighted by Gasteiger charge is -2.14. The van der Waals surface area contributed by atoms with Crippen molar-refractivity contribution < 1.29 is 0 Å². The molecule has 0 fully saturated rings. The fraction of sp³-hybridized carbons (Fsp3) is 0. The van der Waals surface area contributed by atoms with Crippen molar-refractivity contribution in [2.24, 2.45) is 0 Å². The highest BCUT2D eigenvalue weighted by molar-refractivity contribution is 7.25. The molecule has 0 nitrogen and oxygen atoms in total. The summed E-state index contributed by atoms with van der Waals surface area (Å²) in [5.74, 6) is 0. The van der Waals surface area contributed by atoms with Crippen LogP contribution >= 0.6 is 11.3 Å². The Balaban J connectivity index is 1.20. The molecule has 0 spiro atoms. The summed E-state index contributed by atoms with van der Waals surface area (Å²) in [4.78, 5) is 0. The highest BCUT2D eigenvalue weighted by atomic mass is 32.1. The third-order valence-electron chi connectivity index (χ3n) is 8.61. The molecule has 0 aliphatic carbocycles. The molecule has 9 aromatic rings. The van der Waals surface area contributed by atoms with Gasteiger partial charge in [0.25, 0.3) is 0 Å². The standard InChI is InChI=1S/C40H24S/c1-2-6-25(7-3-1)30-16-20-37-35(23-30)36-24-31(17-21-38(36)41-37)29-10-5-11-32(22-29)33-18-14-28-13-12-26-8-4-9-27-15-19-34(33)40(28)39(26)27/h1-24H. The lowest BCUT2D eigenvalue weighted by Crippen LogP contribution is -1.87. The van der Waals surface area contributed by atoms with Crippen molar-refractivity contribution in [3.8, 4) is 33.4 Å². The van der Waals surface area contributed by atoms with Gasteiger partial charge in [-0.05, 0) is 96.0 Å². The Bertz CT molecular complexity index is 2390. The van der Waals surface area contributed by atoms with Gasteiger partial charge in [-0.2, -0.15) is 0 Å². The van der Waals surface area contributed by atoms with Gasteiger partial charge in [-0.15, -0.1) is 11.3 Å². The maximum absolute atomic E-state index is 2.38. The van der Waals surface area contributed by atoms with E-state index in [4.69, 9.17) is 0 Å². The molecule has 9 rings (SSSR count). The first-order valence-corrected chi connectivity index (χ1v) is 14.9. The molecule has 0 unspecified atom stereocenters. The number of benzene rings is 8. The molecule has 1 heteroatoms. The first-order chi connectivity index (χ1) is 20.3. The van der Waals surface area contributed by atoms with Crippen LogP contribution in [0.15, 0.2) is 146 Å². The van der Waals surface area contributed by atoms with E-state index in [0.717, 1.165) is 0 Å². The van der Waals surface area contributed by atoms with Gasteiger partial charge < -0.3 is 0 Å². The van der Waals surface area contributed by atoms with E-state index in [1.165, 1.54) is 85.9 Å². The molecule has 0 saturated heterocycles. The van der Waals surface area contributed by atoms with Crippen molar-refractivity contribution >= 4 is 63.8 Å². The zero-order valence-corrected chi connectivity index (χ0v) is 23.1. The first-order valence-electron chi connectivity index (χ1n) is 14.1. The predicted octanol–water partition coefficient (Wildman–Crippen LogP) is 12.0. The van der Waals surface area contributed by atoms with Crippen molar-refractivity contribution in [1.82, 2.24) is 0 Å². The Kier molecular flexibility index (Phi) is 4.87. The van der Waals surface area contributed by atoms with Gasteiger partial charge in [0.1, 0.15) is 0 Å². The Labute approximate surface area is 242 Å². The number of hydrogen-bond donors (Lipinski definition) is 0. The SMILES string of the molecule is c1ccc(-c2ccc3sc4ccc(-c5cccc(-c6ccc7ccc8cccc9ccc6c7c89)c5)cc4c3c2)cc1. The number of rotatable bonds is 3. The predicted molar refractivity (Wildman–Crippen MR) is 179 cm³/mol. The highest BCUT2D eigenvalue weighted by Gasteiger charge is 2.13. The molecule has 1 heterocycles. The molecule has 0 aliphatic rings. The molecule has 0 atom stereocenters. The molecule has 1 aromatic heterocycles. The molecule has 0 amide bonds. The average Bonchev–Trinajstić information content (AvgIpc) is 3.41. The minimum Gasteiger partial charge on any atom is -0.135 e. The van der Waals surface area contributed by atoms with Crippen LogP contribution in [-0.4, -0.2) is 0 Å². The van der Waals surface area contributed by atoms with Crippen molar-refractivity contribution in [1.29, 1.82) is 0 Å². The minimum atomic E-state index is 1.24. The number of thiophene rings is 1. The molecule has 41 heavy (non-hydrogen) atoms. The molecule has 0 N–H and O–H groups in total. The minimum absolute atomic E-state index is 1.24. The van der Waals surface area contributed by atoms with Crippen molar-refractivity contribution in [2.75, 3.05) is 0 Å². The number of fused-ring (bicyclic) bond motifs is 3. The second kappa shape index (κ2) is 8.76. The maximum Gasteiger partial charge on any atom is 0.0355 e. The Hall–Kier alpha value is -4.98. The summed E-state index contributed by atoms with van der Waals surface area (Å²) in [7, 11) is 0. The average molecular weight is 537 g/mol. The van der Waals surface area contributed by atoms with E-state index < -0.39 is 0 Å². The Morgan fingerprint density at radius 2 is 0.878 bits per heavy atom. The zero-order valence-electron chi connectivity index (χ0n) is 22.3. The second-order valence-electron chi connectivity index (χ2n) is 10.9. The summed E-state index contributed by atoms with van der Waals surface area (Å²) in [6.45, 7) is 0. The molecule has 190 valence electrons. The topological polar surface area (TPSA) is 0 Å². The fourth-order valence-electron chi connectivity index (χ4n) is 6.62. The molecular formula is C40H24S. The van der Waals surface area contributed by atoms with E-state index in [1.54, 1.807) is 0 Å². The molecule has 0 saturated carbocycles. The van der Waals surface area contributed by atoms with E-state index >= 15 is 0 Å². The second-order valence-corrected chi connectivity index (χ2v) is 12.0. The monoisotopic (exact) mass is 536 g/mol. The smallest absolute Gasteiger partial charge is 0.0355 e. The molecular weight excluding hydrogens is 513 g/mol. The molecule has 0 bridgehead atoms. The fourth-order valence-corrected chi connectivity index (χ4v) is 7.69. The zero-order chi connectivity index (χ0) is 26.9. The van der Waals surface area contributed by atoms with Crippen molar-refractivity contribution in [3.63, 3.8) is 0 Å². The van der Waals surface area contributed by atoms with Gasteiger partial charge in [0.2, 0.25) is 0 Å². The number of hydrogen-bond acceptors (Lipinski definition) is 1. The lowest BCUT2D eigenvalue weighted by atomic mass is 9.89. The molecule has 0 aliphatic heterocycles. The van der Waals surface area contributed by atoms with E-state index in [1.807, 2.05) is 11.3 Å². The van der Waals surface area contributed by atoms with Crippen LogP contribution in [0.25, 0.3) is 85.9 Å². The van der Waals surface area contributed by atoms with Gasteiger partial charge >= 0.3 is 0 Å². The van der Waals surface area contributed by atoms with Gasteiger partial charge in [0.05, 0.1) is 0 Å². The summed E-state index contributed by atoms with van der Waals surface area (Å²) in [5, 5.41) is 10.6. The summed E-state index contributed by atoms with van der Waals surface area (Å²) in [6.07, 6.45) is 0. The summed E-state index contributed by atoms with van der Waals surface area (Å²) >= 11 is 1.87. The van der Waals surface area contributed by atoms with E-state index in [2.05, 4.69) is 146 Å². The van der Waals surface area contributed by atoms with Crippen LogP contribution in [0.1, 0.15) is 0 Å². The van der Waals surface area contributed by atoms with E-state index in [0.29, 0.717) is 0 Å². The Morgan fingerprint density at radius 1 is 0.317 bits per heavy atom. The van der Waals surface area contributed by atoms with Crippen LogP contribution in [-0.2, 0) is 0 Å². The first kappa shape index (κ1) is 22.8. The van der Waals surface area contributed by atoms with Crippen LogP contribution in [0.2, 0.25) is 0 Å². The third kappa shape index (κ3) is 3.53. The largest absolute Gasteiger partial charge is 0.135 e. The quantitative estimate of drug-likeness (QED) is 0.197. The summed E-state index contributed by atoms with van der Waals surface area (Å²) < 4.78 is 2.66. The summed E-state index contributed by atoms with van der Waals surface area (Å²) in [5.41, 5.74) is 7.55. The van der Waals surface area contributed by atoms with Gasteiger partial charge in [-0.1, -0.05) is 115 Å². The maximum atomic E-state index is 2.38. The van der Waals surface area contributed by atoms with Gasteiger partial charge in [0.15, 0.2) is 0 Å². The van der Waals surface area contributed by atoms with E-state index in [-0.39, 0.29) is 0 Å². The van der Waals surface area contributed by atoms with Crippen LogP contribution in [0.5, 0.6) is 0 Å². The van der Waals surface area contributed by atoms with Crippen LogP contribution < -0.4 is 0 Å². The van der Waals surface area contributed by atoms with Gasteiger partial charge in [0, 0.05) is 20.2 Å². The summed E-state index contributed by atoms with van der Waals surface area (Å²) in [6, 6.07) is 53.8. The molecule has 8 aromatic carbocycles. The van der Waals surface area contributed by atoms with Crippen LogP contribution in [0, 0.1) is 0 Å². The van der Waals surface area contributed by atoms with E-state index in [9.17, 15) is 0 Å². The molecule has 0 radical (unpaired) electrons. The van der Waals surface area contributed by atoms with Gasteiger partial charge in [-0.3, -0.25) is 0 Å². The lowest BCUT2D eigenvalue weighted by molar-refractivity contribution is 1.63. The van der Waals surface area contributed by atoms with Crippen LogP contribution in [0.3, 0.4) is 0 Å².